The fourth-order valence-corrected chi connectivity index (χ4v) is 6.38. The summed E-state index contributed by atoms with van der Waals surface area (Å²) in [6, 6.07) is 4.81. The van der Waals surface area contributed by atoms with Crippen LogP contribution in [0.3, 0.4) is 0 Å². The number of fused-ring (bicyclic) bond motifs is 1. The SMILES string of the molecule is CN1C(=O)c2ccc(C(=O)NCC34CC5CC(CC(C5)C3)C4)cc2C1=O. The minimum absolute atomic E-state index is 0.140. The highest BCUT2D eigenvalue weighted by Gasteiger charge is 2.50. The van der Waals surface area contributed by atoms with Gasteiger partial charge in [-0.25, -0.2) is 0 Å². The van der Waals surface area contributed by atoms with Crippen LogP contribution < -0.4 is 5.32 Å². The van der Waals surface area contributed by atoms with Crippen molar-refractivity contribution >= 4 is 17.7 Å². The molecule has 5 nitrogen and oxygen atoms in total. The number of carbonyl (C=O) groups excluding carboxylic acids is 3. The first-order valence-electron chi connectivity index (χ1n) is 9.69. The standard InChI is InChI=1S/C21H24N2O3/c1-23-19(25)16-3-2-15(7-17(16)20(23)26)18(24)22-11-21-8-12-4-13(9-21)6-14(5-12)10-21/h2-3,7,12-14H,4-6,8-11H2,1H3,(H,22,24). The van der Waals surface area contributed by atoms with Crippen LogP contribution in [0, 0.1) is 23.2 Å². The molecule has 1 heterocycles. The van der Waals surface area contributed by atoms with Gasteiger partial charge in [0.2, 0.25) is 0 Å². The third-order valence-electron chi connectivity index (χ3n) is 7.14. The van der Waals surface area contributed by atoms with Crippen LogP contribution in [-0.4, -0.2) is 36.2 Å². The molecule has 1 aromatic carbocycles. The number of hydrogen-bond acceptors (Lipinski definition) is 3. The van der Waals surface area contributed by atoms with Crippen LogP contribution in [0.1, 0.15) is 69.6 Å². The first-order chi connectivity index (χ1) is 12.4. The smallest absolute Gasteiger partial charge is 0.261 e. The van der Waals surface area contributed by atoms with E-state index in [4.69, 9.17) is 0 Å². The second-order valence-electron chi connectivity index (χ2n) is 9.03. The van der Waals surface area contributed by atoms with Gasteiger partial charge in [-0.1, -0.05) is 0 Å². The van der Waals surface area contributed by atoms with Gasteiger partial charge in [-0.15, -0.1) is 0 Å². The first-order valence-corrected chi connectivity index (χ1v) is 9.69. The van der Waals surface area contributed by atoms with Crippen LogP contribution in [-0.2, 0) is 0 Å². The molecule has 1 N–H and O–H groups in total. The molecule has 0 atom stereocenters. The number of hydrogen-bond donors (Lipinski definition) is 1. The van der Waals surface area contributed by atoms with Crippen molar-refractivity contribution in [3.8, 4) is 0 Å². The zero-order chi connectivity index (χ0) is 18.1. The van der Waals surface area contributed by atoms with Crippen LogP contribution in [0.2, 0.25) is 0 Å². The molecule has 1 aromatic rings. The van der Waals surface area contributed by atoms with Crippen molar-refractivity contribution < 1.29 is 14.4 Å². The second-order valence-corrected chi connectivity index (χ2v) is 9.03. The number of amides is 3. The van der Waals surface area contributed by atoms with Gasteiger partial charge in [-0.3, -0.25) is 19.3 Å². The van der Waals surface area contributed by atoms with Gasteiger partial charge in [0.15, 0.2) is 0 Å². The van der Waals surface area contributed by atoms with Crippen molar-refractivity contribution in [2.75, 3.05) is 13.6 Å². The van der Waals surface area contributed by atoms with Gasteiger partial charge in [-0.05, 0) is 79.9 Å². The zero-order valence-corrected chi connectivity index (χ0v) is 15.1. The summed E-state index contributed by atoms with van der Waals surface area (Å²) < 4.78 is 0. The van der Waals surface area contributed by atoms with Crippen LogP contribution in [0.4, 0.5) is 0 Å². The minimum atomic E-state index is -0.333. The number of nitrogens with one attached hydrogen (secondary N) is 1. The van der Waals surface area contributed by atoms with Crippen LogP contribution in [0.5, 0.6) is 0 Å². The van der Waals surface area contributed by atoms with Crippen molar-refractivity contribution in [3.05, 3.63) is 34.9 Å². The Morgan fingerprint density at radius 1 is 1.04 bits per heavy atom. The van der Waals surface area contributed by atoms with Gasteiger partial charge in [0.25, 0.3) is 17.7 Å². The molecule has 26 heavy (non-hydrogen) atoms. The normalized spacial score (nSPS) is 34.3. The summed E-state index contributed by atoms with van der Waals surface area (Å²) in [5.41, 5.74) is 1.47. The lowest BCUT2D eigenvalue weighted by Gasteiger charge is -2.56. The number of nitrogens with zero attached hydrogens (tertiary/aromatic N) is 1. The number of carbonyl (C=O) groups is 3. The molecule has 4 fully saturated rings. The van der Waals surface area contributed by atoms with Gasteiger partial charge >= 0.3 is 0 Å². The number of rotatable bonds is 3. The fraction of sp³-hybridized carbons (Fsp3) is 0.571. The molecule has 5 aliphatic rings. The molecule has 6 rings (SSSR count). The summed E-state index contributed by atoms with van der Waals surface area (Å²) in [7, 11) is 1.47. The maximum absolute atomic E-state index is 12.7. The summed E-state index contributed by atoms with van der Waals surface area (Å²) in [5.74, 6) is 1.80. The van der Waals surface area contributed by atoms with E-state index in [0.29, 0.717) is 16.7 Å². The van der Waals surface area contributed by atoms with Crippen molar-refractivity contribution in [1.82, 2.24) is 10.2 Å². The Labute approximate surface area is 153 Å². The van der Waals surface area contributed by atoms with Crippen molar-refractivity contribution in [2.45, 2.75) is 38.5 Å². The predicted octanol–water partition coefficient (Wildman–Crippen LogP) is 2.86. The molecule has 0 radical (unpaired) electrons. The number of imide groups is 1. The van der Waals surface area contributed by atoms with Crippen LogP contribution >= 0.6 is 0 Å². The maximum atomic E-state index is 12.7. The van der Waals surface area contributed by atoms with Gasteiger partial charge in [-0.2, -0.15) is 0 Å². The summed E-state index contributed by atoms with van der Waals surface area (Å²) in [4.78, 5) is 37.9. The molecule has 4 saturated carbocycles. The number of benzene rings is 1. The second kappa shape index (κ2) is 5.41. The summed E-state index contributed by atoms with van der Waals surface area (Å²) in [6.45, 7) is 0.735. The molecule has 3 amide bonds. The van der Waals surface area contributed by atoms with Crippen molar-refractivity contribution in [3.63, 3.8) is 0 Å². The van der Waals surface area contributed by atoms with Gasteiger partial charge in [0, 0.05) is 19.2 Å². The molecule has 0 aromatic heterocycles. The Balaban J connectivity index is 1.31. The molecular weight excluding hydrogens is 328 g/mol. The van der Waals surface area contributed by atoms with E-state index in [1.165, 1.54) is 45.6 Å². The largest absolute Gasteiger partial charge is 0.351 e. The van der Waals surface area contributed by atoms with E-state index in [-0.39, 0.29) is 23.1 Å². The molecule has 1 aliphatic heterocycles. The lowest BCUT2D eigenvalue weighted by Crippen LogP contribution is -2.51. The minimum Gasteiger partial charge on any atom is -0.351 e. The highest BCUT2D eigenvalue weighted by molar-refractivity contribution is 6.21. The van der Waals surface area contributed by atoms with Gasteiger partial charge in [0.05, 0.1) is 11.1 Å². The molecule has 0 saturated heterocycles. The molecule has 4 aliphatic carbocycles. The van der Waals surface area contributed by atoms with E-state index in [9.17, 15) is 14.4 Å². The van der Waals surface area contributed by atoms with E-state index in [0.717, 1.165) is 29.2 Å². The third kappa shape index (κ3) is 2.32. The molecule has 4 bridgehead atoms. The lowest BCUT2D eigenvalue weighted by molar-refractivity contribution is -0.0503. The highest BCUT2D eigenvalue weighted by atomic mass is 16.2. The molecule has 0 unspecified atom stereocenters. The Morgan fingerprint density at radius 2 is 1.62 bits per heavy atom. The summed E-state index contributed by atoms with van der Waals surface area (Å²) in [6.07, 6.45) is 7.93. The van der Waals surface area contributed by atoms with Gasteiger partial charge in [0.1, 0.15) is 0 Å². The molecule has 136 valence electrons. The first kappa shape index (κ1) is 16.0. The predicted molar refractivity (Wildman–Crippen MR) is 95.8 cm³/mol. The Hall–Kier alpha value is -2.17. The molecular formula is C21H24N2O3. The summed E-state index contributed by atoms with van der Waals surface area (Å²) >= 11 is 0. The third-order valence-corrected chi connectivity index (χ3v) is 7.14. The fourth-order valence-electron chi connectivity index (χ4n) is 6.38. The average molecular weight is 352 g/mol. The molecule has 0 spiro atoms. The van der Waals surface area contributed by atoms with E-state index in [1.54, 1.807) is 18.2 Å². The van der Waals surface area contributed by atoms with E-state index < -0.39 is 0 Å². The topological polar surface area (TPSA) is 66.5 Å². The van der Waals surface area contributed by atoms with E-state index in [2.05, 4.69) is 5.32 Å². The average Bonchev–Trinajstić information content (AvgIpc) is 2.83. The highest BCUT2D eigenvalue weighted by Crippen LogP contribution is 2.59. The molecule has 5 heteroatoms. The van der Waals surface area contributed by atoms with Gasteiger partial charge < -0.3 is 5.32 Å². The van der Waals surface area contributed by atoms with E-state index >= 15 is 0 Å². The van der Waals surface area contributed by atoms with Crippen LogP contribution in [0.25, 0.3) is 0 Å². The van der Waals surface area contributed by atoms with Crippen molar-refractivity contribution in [2.24, 2.45) is 23.2 Å². The maximum Gasteiger partial charge on any atom is 0.261 e. The Kier molecular flexibility index (Phi) is 3.34. The monoisotopic (exact) mass is 352 g/mol. The van der Waals surface area contributed by atoms with Crippen LogP contribution in [0.15, 0.2) is 18.2 Å². The quantitative estimate of drug-likeness (QED) is 0.851. The van der Waals surface area contributed by atoms with Crippen molar-refractivity contribution in [1.29, 1.82) is 0 Å². The zero-order valence-electron chi connectivity index (χ0n) is 15.1. The van der Waals surface area contributed by atoms with E-state index in [1.807, 2.05) is 0 Å². The lowest BCUT2D eigenvalue weighted by atomic mass is 9.49. The Bertz CT molecular complexity index is 793. The Morgan fingerprint density at radius 3 is 2.23 bits per heavy atom. The summed E-state index contributed by atoms with van der Waals surface area (Å²) in [5, 5.41) is 3.14.